The zero-order valence-electron chi connectivity index (χ0n) is 13.4. The molecule has 2 rings (SSSR count). The van der Waals surface area contributed by atoms with E-state index in [1.807, 2.05) is 0 Å². The molecule has 0 saturated heterocycles. The number of hydrogen-bond donors (Lipinski definition) is 2. The summed E-state index contributed by atoms with van der Waals surface area (Å²) in [5.41, 5.74) is 0.733. The van der Waals surface area contributed by atoms with Crippen molar-refractivity contribution in [1.29, 1.82) is 0 Å². The molecule has 2 N–H and O–H groups in total. The van der Waals surface area contributed by atoms with Crippen LogP contribution >= 0.6 is 0 Å². The van der Waals surface area contributed by atoms with E-state index in [9.17, 15) is 9.18 Å². The summed E-state index contributed by atoms with van der Waals surface area (Å²) >= 11 is 0. The predicted octanol–water partition coefficient (Wildman–Crippen LogP) is 4.18. The SMILES string of the molecule is CC(C)(C)OC(=O)Nc1ccc(NCc2ccccc2F)cn1. The van der Waals surface area contributed by atoms with Crippen LogP contribution in [-0.2, 0) is 11.3 Å². The van der Waals surface area contributed by atoms with Gasteiger partial charge in [0.1, 0.15) is 17.2 Å². The summed E-state index contributed by atoms with van der Waals surface area (Å²) in [6, 6.07) is 9.97. The number of aromatic nitrogens is 1. The van der Waals surface area contributed by atoms with E-state index in [2.05, 4.69) is 15.6 Å². The minimum absolute atomic E-state index is 0.254. The standard InChI is InChI=1S/C17H20FN3O2/c1-17(2,3)23-16(22)21-15-9-8-13(11-20-15)19-10-12-6-4-5-7-14(12)18/h4-9,11,19H,10H2,1-3H3,(H,20,21,22). The van der Waals surface area contributed by atoms with E-state index in [4.69, 9.17) is 4.74 Å². The Labute approximate surface area is 134 Å². The number of carbonyl (C=O) groups excluding carboxylic acids is 1. The van der Waals surface area contributed by atoms with Gasteiger partial charge in [0.05, 0.1) is 11.9 Å². The summed E-state index contributed by atoms with van der Waals surface area (Å²) < 4.78 is 18.7. The van der Waals surface area contributed by atoms with Crippen molar-refractivity contribution in [3.8, 4) is 0 Å². The van der Waals surface area contributed by atoms with Crippen LogP contribution in [0.15, 0.2) is 42.6 Å². The number of rotatable bonds is 4. The van der Waals surface area contributed by atoms with E-state index in [0.717, 1.165) is 5.69 Å². The third-order valence-corrected chi connectivity index (χ3v) is 2.83. The molecule has 1 amide bonds. The molecule has 0 atom stereocenters. The summed E-state index contributed by atoms with van der Waals surface area (Å²) in [4.78, 5) is 15.7. The van der Waals surface area contributed by atoms with Crippen LogP contribution in [-0.4, -0.2) is 16.7 Å². The van der Waals surface area contributed by atoms with Gasteiger partial charge in [-0.3, -0.25) is 5.32 Å². The molecule has 23 heavy (non-hydrogen) atoms. The van der Waals surface area contributed by atoms with Gasteiger partial charge < -0.3 is 10.1 Å². The van der Waals surface area contributed by atoms with Crippen molar-refractivity contribution >= 4 is 17.6 Å². The molecule has 6 heteroatoms. The van der Waals surface area contributed by atoms with Crippen molar-refractivity contribution in [2.75, 3.05) is 10.6 Å². The summed E-state index contributed by atoms with van der Waals surface area (Å²) in [6.45, 7) is 5.72. The monoisotopic (exact) mass is 317 g/mol. The zero-order chi connectivity index (χ0) is 16.9. The second-order valence-corrected chi connectivity index (χ2v) is 6.00. The molecule has 2 aromatic rings. The fourth-order valence-electron chi connectivity index (χ4n) is 1.82. The molecule has 0 spiro atoms. The largest absolute Gasteiger partial charge is 0.444 e. The van der Waals surface area contributed by atoms with Crippen LogP contribution in [0.3, 0.4) is 0 Å². The maximum absolute atomic E-state index is 13.5. The first-order valence-electron chi connectivity index (χ1n) is 7.27. The van der Waals surface area contributed by atoms with Crippen molar-refractivity contribution in [2.24, 2.45) is 0 Å². The van der Waals surface area contributed by atoms with Crippen LogP contribution in [0.25, 0.3) is 0 Å². The minimum Gasteiger partial charge on any atom is -0.444 e. The number of carbonyl (C=O) groups is 1. The molecule has 0 bridgehead atoms. The van der Waals surface area contributed by atoms with Crippen molar-refractivity contribution in [3.05, 3.63) is 54.0 Å². The van der Waals surface area contributed by atoms with E-state index >= 15 is 0 Å². The Bertz CT molecular complexity index is 666. The minimum atomic E-state index is -0.564. The predicted molar refractivity (Wildman–Crippen MR) is 87.8 cm³/mol. The first-order chi connectivity index (χ1) is 10.8. The fourth-order valence-corrected chi connectivity index (χ4v) is 1.82. The zero-order valence-corrected chi connectivity index (χ0v) is 13.4. The number of pyridine rings is 1. The Hall–Kier alpha value is -2.63. The first kappa shape index (κ1) is 16.7. The molecule has 0 unspecified atom stereocenters. The number of nitrogens with zero attached hydrogens (tertiary/aromatic N) is 1. The Morgan fingerprint density at radius 2 is 1.96 bits per heavy atom. The van der Waals surface area contributed by atoms with Crippen molar-refractivity contribution in [1.82, 2.24) is 4.98 Å². The lowest BCUT2D eigenvalue weighted by Gasteiger charge is -2.19. The molecule has 5 nitrogen and oxygen atoms in total. The van der Waals surface area contributed by atoms with Gasteiger partial charge in [-0.1, -0.05) is 18.2 Å². The number of anilines is 2. The number of hydrogen-bond acceptors (Lipinski definition) is 4. The van der Waals surface area contributed by atoms with Crippen LogP contribution in [0.5, 0.6) is 0 Å². The average molecular weight is 317 g/mol. The van der Waals surface area contributed by atoms with Gasteiger partial charge >= 0.3 is 6.09 Å². The van der Waals surface area contributed by atoms with Crippen LogP contribution in [0, 0.1) is 5.82 Å². The quantitative estimate of drug-likeness (QED) is 0.888. The van der Waals surface area contributed by atoms with Gasteiger partial charge in [-0.15, -0.1) is 0 Å². The molecule has 0 aliphatic heterocycles. The van der Waals surface area contributed by atoms with Crippen molar-refractivity contribution in [2.45, 2.75) is 32.9 Å². The second kappa shape index (κ2) is 7.09. The maximum Gasteiger partial charge on any atom is 0.413 e. The van der Waals surface area contributed by atoms with Gasteiger partial charge in [0.25, 0.3) is 0 Å². The number of benzene rings is 1. The third-order valence-electron chi connectivity index (χ3n) is 2.83. The topological polar surface area (TPSA) is 63.2 Å². The van der Waals surface area contributed by atoms with E-state index in [1.54, 1.807) is 57.3 Å². The Morgan fingerprint density at radius 3 is 2.57 bits per heavy atom. The Morgan fingerprint density at radius 1 is 1.22 bits per heavy atom. The molecular weight excluding hydrogens is 297 g/mol. The normalized spacial score (nSPS) is 11.0. The van der Waals surface area contributed by atoms with Gasteiger partial charge in [0.15, 0.2) is 0 Å². The summed E-state index contributed by atoms with van der Waals surface area (Å²) in [5, 5.41) is 5.62. The molecule has 1 heterocycles. The molecule has 0 radical (unpaired) electrons. The lowest BCUT2D eigenvalue weighted by molar-refractivity contribution is 0.0635. The van der Waals surface area contributed by atoms with Gasteiger partial charge in [0.2, 0.25) is 0 Å². The van der Waals surface area contributed by atoms with Crippen LogP contribution < -0.4 is 10.6 Å². The van der Waals surface area contributed by atoms with Crippen molar-refractivity contribution in [3.63, 3.8) is 0 Å². The highest BCUT2D eigenvalue weighted by molar-refractivity contribution is 5.83. The third kappa shape index (κ3) is 5.58. The van der Waals surface area contributed by atoms with Gasteiger partial charge in [-0.05, 0) is 39.0 Å². The summed E-state index contributed by atoms with van der Waals surface area (Å²) in [7, 11) is 0. The second-order valence-electron chi connectivity index (χ2n) is 6.00. The van der Waals surface area contributed by atoms with Gasteiger partial charge in [-0.2, -0.15) is 0 Å². The van der Waals surface area contributed by atoms with Crippen LogP contribution in [0.4, 0.5) is 20.7 Å². The first-order valence-corrected chi connectivity index (χ1v) is 7.27. The fraction of sp³-hybridized carbons (Fsp3) is 0.294. The molecular formula is C17H20FN3O2. The number of nitrogens with one attached hydrogen (secondary N) is 2. The van der Waals surface area contributed by atoms with Gasteiger partial charge in [0, 0.05) is 12.1 Å². The molecule has 0 aliphatic rings. The highest BCUT2D eigenvalue weighted by atomic mass is 19.1. The number of amides is 1. The smallest absolute Gasteiger partial charge is 0.413 e. The van der Waals surface area contributed by atoms with Crippen LogP contribution in [0.2, 0.25) is 0 Å². The maximum atomic E-state index is 13.5. The molecule has 1 aromatic heterocycles. The summed E-state index contributed by atoms with van der Waals surface area (Å²) in [5.74, 6) is 0.131. The van der Waals surface area contributed by atoms with E-state index < -0.39 is 11.7 Å². The molecule has 1 aromatic carbocycles. The molecule has 0 saturated carbocycles. The lowest BCUT2D eigenvalue weighted by atomic mass is 10.2. The molecule has 0 fully saturated rings. The average Bonchev–Trinajstić information content (AvgIpc) is 2.46. The molecule has 0 aliphatic carbocycles. The summed E-state index contributed by atoms with van der Waals surface area (Å²) in [6.07, 6.45) is 1.00. The molecule has 122 valence electrons. The highest BCUT2D eigenvalue weighted by Gasteiger charge is 2.16. The Kier molecular flexibility index (Phi) is 5.16. The number of halogens is 1. The Balaban J connectivity index is 1.90. The highest BCUT2D eigenvalue weighted by Crippen LogP contribution is 2.14. The number of ether oxygens (including phenoxy) is 1. The van der Waals surface area contributed by atoms with E-state index in [1.165, 1.54) is 6.07 Å². The van der Waals surface area contributed by atoms with E-state index in [-0.39, 0.29) is 5.82 Å². The van der Waals surface area contributed by atoms with Crippen molar-refractivity contribution < 1.29 is 13.9 Å². The van der Waals surface area contributed by atoms with Gasteiger partial charge in [-0.25, -0.2) is 14.2 Å². The lowest BCUT2D eigenvalue weighted by Crippen LogP contribution is -2.27. The van der Waals surface area contributed by atoms with Crippen LogP contribution in [0.1, 0.15) is 26.3 Å². The van der Waals surface area contributed by atoms with E-state index in [0.29, 0.717) is 17.9 Å².